The SMILES string of the molecule is COc1ccc(CCCCC(=O)O)cc1C(F)(F)F. The Labute approximate surface area is 109 Å². The molecular formula is C13H15F3O3. The summed E-state index contributed by atoms with van der Waals surface area (Å²) in [7, 11) is 1.19. The zero-order valence-electron chi connectivity index (χ0n) is 10.5. The van der Waals surface area contributed by atoms with E-state index in [4.69, 9.17) is 5.11 Å². The lowest BCUT2D eigenvalue weighted by Gasteiger charge is -2.13. The van der Waals surface area contributed by atoms with Crippen LogP contribution in [0.15, 0.2) is 18.2 Å². The van der Waals surface area contributed by atoms with Gasteiger partial charge in [-0.3, -0.25) is 4.79 Å². The van der Waals surface area contributed by atoms with Gasteiger partial charge in [0.2, 0.25) is 0 Å². The number of methoxy groups -OCH3 is 1. The largest absolute Gasteiger partial charge is 0.496 e. The van der Waals surface area contributed by atoms with Crippen LogP contribution in [0, 0.1) is 0 Å². The number of carboxylic acids is 1. The average molecular weight is 276 g/mol. The summed E-state index contributed by atoms with van der Waals surface area (Å²) in [4.78, 5) is 10.3. The number of halogens is 3. The van der Waals surface area contributed by atoms with Gasteiger partial charge in [-0.05, 0) is 37.0 Å². The fraction of sp³-hybridized carbons (Fsp3) is 0.462. The minimum atomic E-state index is -4.46. The molecule has 0 amide bonds. The highest BCUT2D eigenvalue weighted by atomic mass is 19.4. The van der Waals surface area contributed by atoms with Gasteiger partial charge < -0.3 is 9.84 Å². The highest BCUT2D eigenvalue weighted by molar-refractivity contribution is 5.66. The van der Waals surface area contributed by atoms with E-state index in [1.807, 2.05) is 0 Å². The Balaban J connectivity index is 2.73. The molecule has 1 aromatic rings. The number of aliphatic carboxylic acids is 1. The Hall–Kier alpha value is -1.72. The molecule has 0 spiro atoms. The van der Waals surface area contributed by atoms with E-state index in [9.17, 15) is 18.0 Å². The second-order valence-electron chi connectivity index (χ2n) is 4.13. The van der Waals surface area contributed by atoms with Crippen molar-refractivity contribution in [1.82, 2.24) is 0 Å². The molecule has 0 aliphatic carbocycles. The van der Waals surface area contributed by atoms with Crippen LogP contribution >= 0.6 is 0 Å². The van der Waals surface area contributed by atoms with Crippen molar-refractivity contribution in [3.05, 3.63) is 29.3 Å². The summed E-state index contributed by atoms with van der Waals surface area (Å²) < 4.78 is 42.9. The van der Waals surface area contributed by atoms with Gasteiger partial charge in [0.1, 0.15) is 5.75 Å². The smallest absolute Gasteiger partial charge is 0.419 e. The normalized spacial score (nSPS) is 11.4. The molecule has 0 unspecified atom stereocenters. The van der Waals surface area contributed by atoms with Crippen LogP contribution < -0.4 is 4.74 Å². The van der Waals surface area contributed by atoms with Gasteiger partial charge in [0.05, 0.1) is 12.7 Å². The summed E-state index contributed by atoms with van der Waals surface area (Å²) in [5, 5.41) is 8.46. The molecule has 0 aliphatic rings. The quantitative estimate of drug-likeness (QED) is 0.809. The Bertz CT molecular complexity index is 441. The summed E-state index contributed by atoms with van der Waals surface area (Å²) in [6.07, 6.45) is -3.02. The molecule has 3 nitrogen and oxygen atoms in total. The molecule has 0 bridgehead atoms. The summed E-state index contributed by atoms with van der Waals surface area (Å²) in [5.74, 6) is -1.10. The first-order valence-electron chi connectivity index (χ1n) is 5.80. The first-order valence-corrected chi connectivity index (χ1v) is 5.80. The van der Waals surface area contributed by atoms with Crippen LogP contribution in [-0.2, 0) is 17.4 Å². The molecule has 0 atom stereocenters. The molecule has 106 valence electrons. The average Bonchev–Trinajstić information content (AvgIpc) is 2.33. The van der Waals surface area contributed by atoms with Crippen LogP contribution in [0.4, 0.5) is 13.2 Å². The molecule has 6 heteroatoms. The molecule has 0 fully saturated rings. The number of benzene rings is 1. The van der Waals surface area contributed by atoms with Gasteiger partial charge in [-0.2, -0.15) is 13.2 Å². The van der Waals surface area contributed by atoms with Gasteiger partial charge in [0, 0.05) is 6.42 Å². The number of hydrogen-bond acceptors (Lipinski definition) is 2. The monoisotopic (exact) mass is 276 g/mol. The Kier molecular flexibility index (Phi) is 5.20. The third-order valence-electron chi connectivity index (χ3n) is 2.68. The summed E-state index contributed by atoms with van der Waals surface area (Å²) in [5.41, 5.74) is -0.274. The van der Waals surface area contributed by atoms with Crippen LogP contribution in [-0.4, -0.2) is 18.2 Å². The van der Waals surface area contributed by atoms with Crippen LogP contribution in [0.1, 0.15) is 30.4 Å². The number of carbonyl (C=O) groups is 1. The first kappa shape index (κ1) is 15.3. The number of hydrogen-bond donors (Lipinski definition) is 1. The highest BCUT2D eigenvalue weighted by Crippen LogP contribution is 2.36. The lowest BCUT2D eigenvalue weighted by molar-refractivity contribution is -0.139. The fourth-order valence-corrected chi connectivity index (χ4v) is 1.74. The highest BCUT2D eigenvalue weighted by Gasteiger charge is 2.34. The molecule has 0 saturated carbocycles. The lowest BCUT2D eigenvalue weighted by atomic mass is 10.0. The first-order chi connectivity index (χ1) is 8.84. The van der Waals surface area contributed by atoms with E-state index < -0.39 is 17.7 Å². The number of alkyl halides is 3. The number of unbranched alkanes of at least 4 members (excludes halogenated alkanes) is 1. The molecule has 1 rings (SSSR count). The van der Waals surface area contributed by atoms with Crippen molar-refractivity contribution < 1.29 is 27.8 Å². The van der Waals surface area contributed by atoms with E-state index in [1.165, 1.54) is 13.2 Å². The molecular weight excluding hydrogens is 261 g/mol. The van der Waals surface area contributed by atoms with E-state index in [0.29, 0.717) is 24.8 Å². The predicted molar refractivity (Wildman–Crippen MR) is 63.2 cm³/mol. The predicted octanol–water partition coefficient (Wildman–Crippen LogP) is 3.51. The van der Waals surface area contributed by atoms with Gasteiger partial charge in [-0.15, -0.1) is 0 Å². The zero-order valence-corrected chi connectivity index (χ0v) is 10.5. The standard InChI is InChI=1S/C13H15F3O3/c1-19-11-7-6-9(4-2-3-5-12(17)18)8-10(11)13(14,15)16/h6-8H,2-5H2,1H3,(H,17,18). The van der Waals surface area contributed by atoms with E-state index in [2.05, 4.69) is 4.74 Å². The van der Waals surface area contributed by atoms with E-state index in [1.54, 1.807) is 6.07 Å². The van der Waals surface area contributed by atoms with Crippen molar-refractivity contribution in [2.24, 2.45) is 0 Å². The van der Waals surface area contributed by atoms with E-state index >= 15 is 0 Å². The molecule has 1 aromatic carbocycles. The number of aryl methyl sites for hydroxylation is 1. The Morgan fingerprint density at radius 2 is 2.00 bits per heavy atom. The third kappa shape index (κ3) is 4.81. The van der Waals surface area contributed by atoms with Crippen LogP contribution in [0.2, 0.25) is 0 Å². The maximum Gasteiger partial charge on any atom is 0.419 e. The summed E-state index contributed by atoms with van der Waals surface area (Å²) in [6, 6.07) is 3.91. The molecule has 0 aromatic heterocycles. The van der Waals surface area contributed by atoms with E-state index in [-0.39, 0.29) is 12.2 Å². The van der Waals surface area contributed by atoms with Gasteiger partial charge in [-0.25, -0.2) is 0 Å². The van der Waals surface area contributed by atoms with Crippen molar-refractivity contribution in [3.8, 4) is 5.75 Å². The minimum absolute atomic E-state index is 0.0300. The second-order valence-corrected chi connectivity index (χ2v) is 4.13. The molecule has 0 saturated heterocycles. The molecule has 0 radical (unpaired) electrons. The van der Waals surface area contributed by atoms with Crippen molar-refractivity contribution in [1.29, 1.82) is 0 Å². The van der Waals surface area contributed by atoms with Gasteiger partial charge in [-0.1, -0.05) is 6.07 Å². The van der Waals surface area contributed by atoms with E-state index in [0.717, 1.165) is 6.07 Å². The molecule has 0 heterocycles. The molecule has 1 N–H and O–H groups in total. The van der Waals surface area contributed by atoms with Crippen molar-refractivity contribution in [2.45, 2.75) is 31.9 Å². The topological polar surface area (TPSA) is 46.5 Å². The van der Waals surface area contributed by atoms with Crippen molar-refractivity contribution in [2.75, 3.05) is 7.11 Å². The fourth-order valence-electron chi connectivity index (χ4n) is 1.74. The molecule has 19 heavy (non-hydrogen) atoms. The number of carboxylic acid groups (broad SMARTS) is 1. The third-order valence-corrected chi connectivity index (χ3v) is 2.68. The lowest BCUT2D eigenvalue weighted by Crippen LogP contribution is -2.08. The van der Waals surface area contributed by atoms with Gasteiger partial charge >= 0.3 is 12.1 Å². The van der Waals surface area contributed by atoms with Gasteiger partial charge in [0.25, 0.3) is 0 Å². The van der Waals surface area contributed by atoms with Crippen molar-refractivity contribution in [3.63, 3.8) is 0 Å². The molecule has 0 aliphatic heterocycles. The second kappa shape index (κ2) is 6.45. The zero-order chi connectivity index (χ0) is 14.5. The van der Waals surface area contributed by atoms with Gasteiger partial charge in [0.15, 0.2) is 0 Å². The minimum Gasteiger partial charge on any atom is -0.496 e. The Morgan fingerprint density at radius 3 is 2.53 bits per heavy atom. The number of rotatable bonds is 6. The number of ether oxygens (including phenoxy) is 1. The summed E-state index contributed by atoms with van der Waals surface area (Å²) >= 11 is 0. The maximum absolute atomic E-state index is 12.8. The van der Waals surface area contributed by atoms with Crippen molar-refractivity contribution >= 4 is 5.97 Å². The van der Waals surface area contributed by atoms with Crippen LogP contribution in [0.3, 0.4) is 0 Å². The maximum atomic E-state index is 12.8. The van der Waals surface area contributed by atoms with Crippen LogP contribution in [0.5, 0.6) is 5.75 Å². The summed E-state index contributed by atoms with van der Waals surface area (Å²) in [6.45, 7) is 0. The van der Waals surface area contributed by atoms with Crippen LogP contribution in [0.25, 0.3) is 0 Å². The Morgan fingerprint density at radius 1 is 1.32 bits per heavy atom.